The van der Waals surface area contributed by atoms with Crippen LogP contribution in [0.15, 0.2) is 12.4 Å². The number of carbonyl (C=O) groups excluding carboxylic acids is 1. The maximum absolute atomic E-state index is 11.3. The van der Waals surface area contributed by atoms with Crippen LogP contribution in [0.1, 0.15) is 39.4 Å². The lowest BCUT2D eigenvalue weighted by Crippen LogP contribution is -2.41. The van der Waals surface area contributed by atoms with Crippen molar-refractivity contribution in [2.75, 3.05) is 13.2 Å². The largest absolute Gasteiger partial charge is 0.450 e. The van der Waals surface area contributed by atoms with Gasteiger partial charge in [-0.25, -0.2) is 9.78 Å². The smallest absolute Gasteiger partial charge is 0.407 e. The molecule has 0 unspecified atom stereocenters. The molecule has 0 spiro atoms. The number of hydrogen-bond acceptors (Lipinski definition) is 4. The lowest BCUT2D eigenvalue weighted by atomic mass is 10.1. The van der Waals surface area contributed by atoms with Crippen LogP contribution in [0.5, 0.6) is 0 Å². The summed E-state index contributed by atoms with van der Waals surface area (Å²) < 4.78 is 5.07. The number of aromatic amines is 1. The SMILES string of the molecule is CC(C)(C)NC(=O)OCCCCNCc1ncc[nH]1. The number of carbonyl (C=O) groups is 1. The second-order valence-electron chi connectivity index (χ2n) is 5.43. The monoisotopic (exact) mass is 268 g/mol. The zero-order chi connectivity index (χ0) is 14.1. The van der Waals surface area contributed by atoms with E-state index in [0.717, 1.165) is 31.8 Å². The highest BCUT2D eigenvalue weighted by atomic mass is 16.5. The maximum Gasteiger partial charge on any atom is 0.407 e. The summed E-state index contributed by atoms with van der Waals surface area (Å²) in [4.78, 5) is 18.5. The minimum absolute atomic E-state index is 0.248. The number of imidazole rings is 1. The van der Waals surface area contributed by atoms with E-state index in [1.807, 2.05) is 20.8 Å². The molecular formula is C13H24N4O2. The Morgan fingerprint density at radius 1 is 1.42 bits per heavy atom. The summed E-state index contributed by atoms with van der Waals surface area (Å²) in [7, 11) is 0. The third-order valence-corrected chi connectivity index (χ3v) is 2.31. The molecule has 1 rings (SSSR count). The molecule has 1 heterocycles. The Labute approximate surface area is 114 Å². The molecule has 3 N–H and O–H groups in total. The van der Waals surface area contributed by atoms with E-state index in [0.29, 0.717) is 6.61 Å². The Morgan fingerprint density at radius 3 is 2.84 bits per heavy atom. The van der Waals surface area contributed by atoms with Gasteiger partial charge in [-0.05, 0) is 40.2 Å². The summed E-state index contributed by atoms with van der Waals surface area (Å²) in [5, 5.41) is 6.01. The molecule has 0 aromatic carbocycles. The van der Waals surface area contributed by atoms with Crippen LogP contribution in [0.3, 0.4) is 0 Å². The van der Waals surface area contributed by atoms with E-state index < -0.39 is 0 Å². The van der Waals surface area contributed by atoms with Crippen LogP contribution >= 0.6 is 0 Å². The molecule has 0 fully saturated rings. The highest BCUT2D eigenvalue weighted by Crippen LogP contribution is 1.99. The van der Waals surface area contributed by atoms with Crippen molar-refractivity contribution < 1.29 is 9.53 Å². The van der Waals surface area contributed by atoms with Gasteiger partial charge < -0.3 is 20.4 Å². The lowest BCUT2D eigenvalue weighted by molar-refractivity contribution is 0.135. The molecule has 108 valence electrons. The second kappa shape index (κ2) is 7.78. The molecule has 0 atom stereocenters. The van der Waals surface area contributed by atoms with E-state index in [1.165, 1.54) is 0 Å². The van der Waals surface area contributed by atoms with Crippen LogP contribution in [-0.2, 0) is 11.3 Å². The van der Waals surface area contributed by atoms with E-state index in [-0.39, 0.29) is 11.6 Å². The minimum Gasteiger partial charge on any atom is -0.450 e. The van der Waals surface area contributed by atoms with Gasteiger partial charge in [-0.1, -0.05) is 0 Å². The van der Waals surface area contributed by atoms with Gasteiger partial charge in [-0.15, -0.1) is 0 Å². The Hall–Kier alpha value is -1.56. The first-order valence-corrected chi connectivity index (χ1v) is 6.61. The van der Waals surface area contributed by atoms with Crippen molar-refractivity contribution in [2.24, 2.45) is 0 Å². The number of nitrogens with one attached hydrogen (secondary N) is 3. The molecule has 0 aliphatic carbocycles. The molecule has 19 heavy (non-hydrogen) atoms. The van der Waals surface area contributed by atoms with Crippen LogP contribution in [0.2, 0.25) is 0 Å². The van der Waals surface area contributed by atoms with Crippen LogP contribution in [0.4, 0.5) is 4.79 Å². The molecule has 0 aliphatic heterocycles. The summed E-state index contributed by atoms with van der Waals surface area (Å²) >= 11 is 0. The molecule has 1 aromatic rings. The Morgan fingerprint density at radius 2 is 2.21 bits per heavy atom. The fourth-order valence-electron chi connectivity index (χ4n) is 1.46. The van der Waals surface area contributed by atoms with Crippen molar-refractivity contribution in [3.8, 4) is 0 Å². The minimum atomic E-state index is -0.351. The predicted molar refractivity (Wildman–Crippen MR) is 73.8 cm³/mol. The normalized spacial score (nSPS) is 11.3. The highest BCUT2D eigenvalue weighted by molar-refractivity contribution is 5.67. The molecule has 0 aliphatic rings. The Balaban J connectivity index is 1.92. The molecule has 6 heteroatoms. The second-order valence-corrected chi connectivity index (χ2v) is 5.43. The third kappa shape index (κ3) is 8.20. The van der Waals surface area contributed by atoms with Crippen LogP contribution in [0, 0.1) is 0 Å². The van der Waals surface area contributed by atoms with Gasteiger partial charge in [0.05, 0.1) is 13.2 Å². The number of unbranched alkanes of at least 4 members (excludes halogenated alkanes) is 1. The van der Waals surface area contributed by atoms with Gasteiger partial charge >= 0.3 is 6.09 Å². The topological polar surface area (TPSA) is 79.0 Å². The van der Waals surface area contributed by atoms with Crippen LogP contribution < -0.4 is 10.6 Å². The van der Waals surface area contributed by atoms with Gasteiger partial charge in [0.25, 0.3) is 0 Å². The summed E-state index contributed by atoms with van der Waals surface area (Å²) in [6, 6.07) is 0. The number of nitrogens with zero attached hydrogens (tertiary/aromatic N) is 1. The molecule has 0 radical (unpaired) electrons. The lowest BCUT2D eigenvalue weighted by Gasteiger charge is -2.19. The third-order valence-electron chi connectivity index (χ3n) is 2.31. The summed E-state index contributed by atoms with van der Waals surface area (Å²) in [6.07, 6.45) is 5.00. The van der Waals surface area contributed by atoms with Gasteiger partial charge in [0.2, 0.25) is 0 Å². The summed E-state index contributed by atoms with van der Waals surface area (Å²) in [5.41, 5.74) is -0.248. The number of alkyl carbamates (subject to hydrolysis) is 1. The summed E-state index contributed by atoms with van der Waals surface area (Å²) in [6.45, 7) is 7.83. The Kier molecular flexibility index (Phi) is 6.35. The van der Waals surface area contributed by atoms with Gasteiger partial charge in [0.15, 0.2) is 0 Å². The first-order valence-electron chi connectivity index (χ1n) is 6.61. The van der Waals surface area contributed by atoms with Crippen LogP contribution in [0.25, 0.3) is 0 Å². The van der Waals surface area contributed by atoms with Crippen molar-refractivity contribution in [1.29, 1.82) is 0 Å². The quantitative estimate of drug-likeness (QED) is 0.659. The summed E-state index contributed by atoms with van der Waals surface area (Å²) in [5.74, 6) is 0.931. The molecule has 0 saturated carbocycles. The van der Waals surface area contributed by atoms with Gasteiger partial charge in [-0.2, -0.15) is 0 Å². The first kappa shape index (κ1) is 15.5. The molecule has 1 aromatic heterocycles. The first-order chi connectivity index (χ1) is 8.97. The number of H-pyrrole nitrogens is 1. The van der Waals surface area contributed by atoms with E-state index in [1.54, 1.807) is 12.4 Å². The van der Waals surface area contributed by atoms with Crippen molar-refractivity contribution in [3.63, 3.8) is 0 Å². The van der Waals surface area contributed by atoms with Gasteiger partial charge in [0.1, 0.15) is 5.82 Å². The molecule has 0 bridgehead atoms. The van der Waals surface area contributed by atoms with Gasteiger partial charge in [0, 0.05) is 17.9 Å². The van der Waals surface area contributed by atoms with Gasteiger partial charge in [-0.3, -0.25) is 0 Å². The average Bonchev–Trinajstić information content (AvgIpc) is 2.78. The number of ether oxygens (including phenoxy) is 1. The van der Waals surface area contributed by atoms with E-state index in [2.05, 4.69) is 20.6 Å². The zero-order valence-corrected chi connectivity index (χ0v) is 12.0. The van der Waals surface area contributed by atoms with Crippen molar-refractivity contribution >= 4 is 6.09 Å². The maximum atomic E-state index is 11.3. The fraction of sp³-hybridized carbons (Fsp3) is 0.692. The number of amides is 1. The van der Waals surface area contributed by atoms with Crippen molar-refractivity contribution in [3.05, 3.63) is 18.2 Å². The molecule has 1 amide bonds. The number of hydrogen-bond donors (Lipinski definition) is 3. The van der Waals surface area contributed by atoms with Crippen LogP contribution in [-0.4, -0.2) is 34.8 Å². The fourth-order valence-corrected chi connectivity index (χ4v) is 1.46. The van der Waals surface area contributed by atoms with Crippen molar-refractivity contribution in [2.45, 2.75) is 45.7 Å². The molecule has 0 saturated heterocycles. The molecule has 6 nitrogen and oxygen atoms in total. The highest BCUT2D eigenvalue weighted by Gasteiger charge is 2.13. The van der Waals surface area contributed by atoms with E-state index >= 15 is 0 Å². The van der Waals surface area contributed by atoms with E-state index in [4.69, 9.17) is 4.74 Å². The predicted octanol–water partition coefficient (Wildman–Crippen LogP) is 1.80. The standard InChI is InChI=1S/C13H24N4O2/c1-13(2,3)17-12(18)19-9-5-4-6-14-10-11-15-7-8-16-11/h7-8,14H,4-6,9-10H2,1-3H3,(H,15,16)(H,17,18). The number of rotatable bonds is 7. The van der Waals surface area contributed by atoms with E-state index in [9.17, 15) is 4.79 Å². The number of aromatic nitrogens is 2. The Bertz CT molecular complexity index is 357. The average molecular weight is 268 g/mol. The zero-order valence-electron chi connectivity index (χ0n) is 12.0. The van der Waals surface area contributed by atoms with Crippen molar-refractivity contribution in [1.82, 2.24) is 20.6 Å². The molecular weight excluding hydrogens is 244 g/mol.